The molecule has 0 saturated carbocycles. The molecule has 2 heteroatoms. The minimum atomic E-state index is 0.711. The van der Waals surface area contributed by atoms with Crippen molar-refractivity contribution in [3.05, 3.63) is 77.9 Å². The molecule has 102 valence electrons. The van der Waals surface area contributed by atoms with Crippen LogP contribution >= 0.6 is 0 Å². The van der Waals surface area contributed by atoms with Crippen LogP contribution < -0.4 is 10.5 Å². The molecule has 2 nitrogen and oxygen atoms in total. The number of fused-ring (bicyclic) bond motifs is 3. The fraction of sp³-hybridized carbons (Fsp3) is 0.0526. The predicted molar refractivity (Wildman–Crippen MR) is 85.6 cm³/mol. The summed E-state index contributed by atoms with van der Waals surface area (Å²) in [7, 11) is 0. The summed E-state index contributed by atoms with van der Waals surface area (Å²) in [6.45, 7) is 0. The molecule has 0 spiro atoms. The van der Waals surface area contributed by atoms with E-state index < -0.39 is 0 Å². The van der Waals surface area contributed by atoms with E-state index in [-0.39, 0.29) is 0 Å². The van der Waals surface area contributed by atoms with Gasteiger partial charge in [0.25, 0.3) is 0 Å². The van der Waals surface area contributed by atoms with Crippen molar-refractivity contribution in [2.24, 2.45) is 0 Å². The SMILES string of the molecule is Nc1cccc(Oc2cccc3c2Cc2ccccc2-3)c1. The maximum absolute atomic E-state index is 6.05. The second-order valence-corrected chi connectivity index (χ2v) is 5.29. The van der Waals surface area contributed by atoms with E-state index in [0.717, 1.165) is 17.9 Å². The lowest BCUT2D eigenvalue weighted by Crippen LogP contribution is -1.91. The van der Waals surface area contributed by atoms with Crippen molar-refractivity contribution in [2.75, 3.05) is 5.73 Å². The zero-order chi connectivity index (χ0) is 14.2. The van der Waals surface area contributed by atoms with Crippen LogP contribution in [0.3, 0.4) is 0 Å². The molecule has 0 bridgehead atoms. The first-order valence-electron chi connectivity index (χ1n) is 7.05. The van der Waals surface area contributed by atoms with Crippen LogP contribution in [-0.4, -0.2) is 0 Å². The highest BCUT2D eigenvalue weighted by Crippen LogP contribution is 2.42. The Balaban J connectivity index is 1.76. The number of nitrogen functional groups attached to an aromatic ring is 1. The quantitative estimate of drug-likeness (QED) is 0.540. The molecule has 0 heterocycles. The second-order valence-electron chi connectivity index (χ2n) is 5.29. The van der Waals surface area contributed by atoms with Crippen LogP contribution in [0, 0.1) is 0 Å². The summed E-state index contributed by atoms with van der Waals surface area (Å²) in [6, 6.07) is 22.3. The van der Waals surface area contributed by atoms with Gasteiger partial charge in [-0.25, -0.2) is 0 Å². The molecular weight excluding hydrogens is 258 g/mol. The van der Waals surface area contributed by atoms with Crippen molar-refractivity contribution in [1.82, 2.24) is 0 Å². The molecule has 0 aliphatic heterocycles. The van der Waals surface area contributed by atoms with Crippen molar-refractivity contribution in [3.63, 3.8) is 0 Å². The van der Waals surface area contributed by atoms with Gasteiger partial charge in [0.2, 0.25) is 0 Å². The summed E-state index contributed by atoms with van der Waals surface area (Å²) < 4.78 is 6.05. The lowest BCUT2D eigenvalue weighted by atomic mass is 10.1. The van der Waals surface area contributed by atoms with E-state index in [1.54, 1.807) is 0 Å². The number of rotatable bonds is 2. The predicted octanol–water partition coefficient (Wildman–Crippen LogP) is 4.63. The summed E-state index contributed by atoms with van der Waals surface area (Å²) in [5.41, 5.74) is 11.7. The molecule has 0 amide bonds. The van der Waals surface area contributed by atoms with E-state index in [9.17, 15) is 0 Å². The molecule has 4 rings (SSSR count). The van der Waals surface area contributed by atoms with Crippen LogP contribution in [0.25, 0.3) is 11.1 Å². The highest BCUT2D eigenvalue weighted by atomic mass is 16.5. The maximum atomic E-state index is 6.05. The fourth-order valence-corrected chi connectivity index (χ4v) is 2.93. The van der Waals surface area contributed by atoms with Crippen molar-refractivity contribution in [3.8, 4) is 22.6 Å². The van der Waals surface area contributed by atoms with Gasteiger partial charge in [-0.3, -0.25) is 0 Å². The molecule has 0 aromatic heterocycles. The van der Waals surface area contributed by atoms with Crippen LogP contribution in [0.4, 0.5) is 5.69 Å². The van der Waals surface area contributed by atoms with Crippen LogP contribution in [0.1, 0.15) is 11.1 Å². The number of anilines is 1. The van der Waals surface area contributed by atoms with Gasteiger partial charge >= 0.3 is 0 Å². The van der Waals surface area contributed by atoms with Gasteiger partial charge in [-0.05, 0) is 34.9 Å². The highest BCUT2D eigenvalue weighted by Gasteiger charge is 2.21. The lowest BCUT2D eigenvalue weighted by Gasteiger charge is -2.10. The molecule has 2 N–H and O–H groups in total. The van der Waals surface area contributed by atoms with Crippen molar-refractivity contribution in [2.45, 2.75) is 6.42 Å². The standard InChI is InChI=1S/C19H15NO/c20-14-6-3-7-15(12-14)21-19-10-4-9-17-16-8-2-1-5-13(16)11-18(17)19/h1-10,12H,11,20H2. The zero-order valence-corrected chi connectivity index (χ0v) is 11.5. The van der Waals surface area contributed by atoms with Crippen LogP contribution in [-0.2, 0) is 6.42 Å². The van der Waals surface area contributed by atoms with Crippen molar-refractivity contribution >= 4 is 5.69 Å². The Hall–Kier alpha value is -2.74. The Labute approximate surface area is 123 Å². The average molecular weight is 273 g/mol. The first kappa shape index (κ1) is 12.0. The normalized spacial score (nSPS) is 11.8. The third kappa shape index (κ3) is 2.05. The monoisotopic (exact) mass is 273 g/mol. The first-order valence-corrected chi connectivity index (χ1v) is 7.05. The summed E-state index contributed by atoms with van der Waals surface area (Å²) >= 11 is 0. The van der Waals surface area contributed by atoms with Crippen LogP contribution in [0.2, 0.25) is 0 Å². The largest absolute Gasteiger partial charge is 0.457 e. The second kappa shape index (κ2) is 4.67. The van der Waals surface area contributed by atoms with E-state index in [1.165, 1.54) is 22.3 Å². The summed E-state index contributed by atoms with van der Waals surface area (Å²) in [5.74, 6) is 1.69. The molecule has 3 aromatic carbocycles. The molecule has 1 aliphatic rings. The van der Waals surface area contributed by atoms with E-state index in [4.69, 9.17) is 10.5 Å². The third-order valence-corrected chi connectivity index (χ3v) is 3.89. The third-order valence-electron chi connectivity index (χ3n) is 3.89. The van der Waals surface area contributed by atoms with Gasteiger partial charge in [-0.1, -0.05) is 42.5 Å². The summed E-state index contributed by atoms with van der Waals surface area (Å²) in [6.07, 6.45) is 0.921. The van der Waals surface area contributed by atoms with E-state index in [2.05, 4.69) is 30.3 Å². The average Bonchev–Trinajstić information content (AvgIpc) is 2.87. The molecule has 0 saturated heterocycles. The topological polar surface area (TPSA) is 35.2 Å². The molecule has 0 unspecified atom stereocenters. The van der Waals surface area contributed by atoms with Gasteiger partial charge in [-0.15, -0.1) is 0 Å². The number of nitrogens with two attached hydrogens (primary N) is 1. The first-order chi connectivity index (χ1) is 10.3. The Morgan fingerprint density at radius 3 is 2.52 bits per heavy atom. The molecular formula is C19H15NO. The van der Waals surface area contributed by atoms with E-state index in [0.29, 0.717) is 5.69 Å². The number of hydrogen-bond acceptors (Lipinski definition) is 2. The van der Waals surface area contributed by atoms with Crippen LogP contribution in [0.15, 0.2) is 66.7 Å². The molecule has 1 aliphatic carbocycles. The summed E-state index contributed by atoms with van der Waals surface area (Å²) in [5, 5.41) is 0. The van der Waals surface area contributed by atoms with Gasteiger partial charge in [-0.2, -0.15) is 0 Å². The highest BCUT2D eigenvalue weighted by molar-refractivity contribution is 5.79. The Morgan fingerprint density at radius 2 is 1.62 bits per heavy atom. The molecule has 0 radical (unpaired) electrons. The van der Waals surface area contributed by atoms with Crippen molar-refractivity contribution in [1.29, 1.82) is 0 Å². The van der Waals surface area contributed by atoms with Gasteiger partial charge in [0, 0.05) is 23.7 Å². The Bertz CT molecular complexity index is 823. The number of ether oxygens (including phenoxy) is 1. The van der Waals surface area contributed by atoms with E-state index >= 15 is 0 Å². The van der Waals surface area contributed by atoms with Gasteiger partial charge in [0.15, 0.2) is 0 Å². The number of hydrogen-bond donors (Lipinski definition) is 1. The van der Waals surface area contributed by atoms with Gasteiger partial charge in [0.05, 0.1) is 0 Å². The van der Waals surface area contributed by atoms with Crippen LogP contribution in [0.5, 0.6) is 11.5 Å². The molecule has 3 aromatic rings. The summed E-state index contributed by atoms with van der Waals surface area (Å²) in [4.78, 5) is 0. The molecule has 0 atom stereocenters. The fourth-order valence-electron chi connectivity index (χ4n) is 2.93. The van der Waals surface area contributed by atoms with Gasteiger partial charge in [0.1, 0.15) is 11.5 Å². The molecule has 0 fully saturated rings. The lowest BCUT2D eigenvalue weighted by molar-refractivity contribution is 0.478. The zero-order valence-electron chi connectivity index (χ0n) is 11.5. The molecule has 21 heavy (non-hydrogen) atoms. The number of benzene rings is 3. The maximum Gasteiger partial charge on any atom is 0.131 e. The minimum Gasteiger partial charge on any atom is -0.457 e. The minimum absolute atomic E-state index is 0.711. The Morgan fingerprint density at radius 1 is 0.810 bits per heavy atom. The smallest absolute Gasteiger partial charge is 0.131 e. The Kier molecular flexibility index (Phi) is 2.68. The van der Waals surface area contributed by atoms with E-state index in [1.807, 2.05) is 36.4 Å². The van der Waals surface area contributed by atoms with Crippen molar-refractivity contribution < 1.29 is 4.74 Å². The van der Waals surface area contributed by atoms with Gasteiger partial charge < -0.3 is 10.5 Å².